The SMILES string of the molecule is CC1(COc2ccc3c(c2)ncn3-c2cncc(N[C@@H]3CCCNC3)n2)COC1. The second kappa shape index (κ2) is 7.61. The Labute approximate surface area is 169 Å². The van der Waals surface area contributed by atoms with Gasteiger partial charge >= 0.3 is 0 Å². The first-order chi connectivity index (χ1) is 14.2. The zero-order chi connectivity index (χ0) is 19.7. The fraction of sp³-hybridized carbons (Fsp3) is 0.476. The highest BCUT2D eigenvalue weighted by atomic mass is 16.5. The number of hydrogen-bond acceptors (Lipinski definition) is 7. The molecule has 152 valence electrons. The minimum atomic E-state index is 0.116. The summed E-state index contributed by atoms with van der Waals surface area (Å²) in [5, 5.41) is 6.89. The number of aromatic nitrogens is 4. The minimum Gasteiger partial charge on any atom is -0.493 e. The topological polar surface area (TPSA) is 86.1 Å². The molecule has 2 aliphatic rings. The summed E-state index contributed by atoms with van der Waals surface area (Å²) in [4.78, 5) is 13.7. The van der Waals surface area contributed by atoms with Crippen molar-refractivity contribution in [2.45, 2.75) is 25.8 Å². The summed E-state index contributed by atoms with van der Waals surface area (Å²) >= 11 is 0. The van der Waals surface area contributed by atoms with Crippen LogP contribution in [0.5, 0.6) is 5.75 Å². The first kappa shape index (κ1) is 18.3. The number of imidazole rings is 1. The van der Waals surface area contributed by atoms with Gasteiger partial charge in [-0.25, -0.2) is 9.97 Å². The maximum Gasteiger partial charge on any atom is 0.159 e. The number of nitrogens with one attached hydrogen (secondary N) is 2. The van der Waals surface area contributed by atoms with Gasteiger partial charge in [-0.05, 0) is 31.5 Å². The lowest BCUT2D eigenvalue weighted by atomic mass is 9.90. The summed E-state index contributed by atoms with van der Waals surface area (Å²) in [7, 11) is 0. The van der Waals surface area contributed by atoms with Gasteiger partial charge in [0.2, 0.25) is 0 Å². The molecule has 2 aliphatic heterocycles. The molecular weight excluding hydrogens is 368 g/mol. The third-order valence-corrected chi connectivity index (χ3v) is 5.52. The average Bonchev–Trinajstić information content (AvgIpc) is 3.15. The summed E-state index contributed by atoms with van der Waals surface area (Å²) in [6.07, 6.45) is 7.63. The predicted octanol–water partition coefficient (Wildman–Crippen LogP) is 2.39. The van der Waals surface area contributed by atoms with E-state index in [9.17, 15) is 0 Å². The third kappa shape index (κ3) is 3.90. The Morgan fingerprint density at radius 1 is 1.34 bits per heavy atom. The molecule has 4 heterocycles. The molecule has 5 rings (SSSR count). The van der Waals surface area contributed by atoms with E-state index in [1.165, 1.54) is 6.42 Å². The van der Waals surface area contributed by atoms with Gasteiger partial charge in [0.1, 0.15) is 17.9 Å². The molecule has 3 aromatic rings. The van der Waals surface area contributed by atoms with Crippen LogP contribution < -0.4 is 15.4 Å². The first-order valence-corrected chi connectivity index (χ1v) is 10.2. The van der Waals surface area contributed by atoms with Crippen molar-refractivity contribution in [3.05, 3.63) is 36.9 Å². The van der Waals surface area contributed by atoms with Gasteiger partial charge in [-0.15, -0.1) is 0 Å². The van der Waals surface area contributed by atoms with Crippen molar-refractivity contribution >= 4 is 16.9 Å². The van der Waals surface area contributed by atoms with E-state index in [-0.39, 0.29) is 5.41 Å². The Morgan fingerprint density at radius 2 is 2.28 bits per heavy atom. The standard InChI is InChI=1S/C21H26N6O2/c1-21(11-28-12-21)13-29-16-4-5-18-17(7-16)24-14-27(18)20-10-23-9-19(26-20)25-15-3-2-6-22-8-15/h4-5,7,9-10,14-15,22H,2-3,6,8,11-13H2,1H3,(H,25,26)/t15-/m1/s1. The van der Waals surface area contributed by atoms with Gasteiger partial charge in [0.15, 0.2) is 5.82 Å². The van der Waals surface area contributed by atoms with Crippen LogP contribution in [0.3, 0.4) is 0 Å². The van der Waals surface area contributed by atoms with Crippen molar-refractivity contribution < 1.29 is 9.47 Å². The summed E-state index contributed by atoms with van der Waals surface area (Å²) < 4.78 is 13.2. The number of hydrogen-bond donors (Lipinski definition) is 2. The maximum absolute atomic E-state index is 5.97. The van der Waals surface area contributed by atoms with Crippen LogP contribution in [0.25, 0.3) is 16.9 Å². The van der Waals surface area contributed by atoms with Crippen LogP contribution in [-0.2, 0) is 4.74 Å². The number of piperidine rings is 1. The van der Waals surface area contributed by atoms with Gasteiger partial charge in [0, 0.05) is 24.1 Å². The number of rotatable bonds is 6. The molecule has 0 bridgehead atoms. The molecule has 1 atom stereocenters. The van der Waals surface area contributed by atoms with Crippen LogP contribution in [0.1, 0.15) is 19.8 Å². The van der Waals surface area contributed by atoms with Crippen LogP contribution in [-0.4, -0.2) is 58.5 Å². The fourth-order valence-corrected chi connectivity index (χ4v) is 3.78. The molecule has 0 amide bonds. The number of fused-ring (bicyclic) bond motifs is 1. The number of benzene rings is 1. The van der Waals surface area contributed by atoms with Gasteiger partial charge in [-0.2, -0.15) is 0 Å². The molecule has 0 spiro atoms. The van der Waals surface area contributed by atoms with Gasteiger partial charge in [0.25, 0.3) is 0 Å². The predicted molar refractivity (Wildman–Crippen MR) is 111 cm³/mol. The van der Waals surface area contributed by atoms with Gasteiger partial charge in [0.05, 0.1) is 43.2 Å². The van der Waals surface area contributed by atoms with E-state index in [1.54, 1.807) is 18.7 Å². The van der Waals surface area contributed by atoms with Crippen molar-refractivity contribution in [3.63, 3.8) is 0 Å². The number of nitrogens with zero attached hydrogens (tertiary/aromatic N) is 4. The lowest BCUT2D eigenvalue weighted by Crippen LogP contribution is -2.44. The molecule has 2 fully saturated rings. The molecule has 0 saturated carbocycles. The molecule has 29 heavy (non-hydrogen) atoms. The summed E-state index contributed by atoms with van der Waals surface area (Å²) in [6.45, 7) is 6.37. The van der Waals surface area contributed by atoms with Crippen LogP contribution >= 0.6 is 0 Å². The normalized spacial score (nSPS) is 20.9. The van der Waals surface area contributed by atoms with Crippen molar-refractivity contribution in [2.75, 3.05) is 38.2 Å². The highest BCUT2D eigenvalue weighted by molar-refractivity contribution is 5.78. The quantitative estimate of drug-likeness (QED) is 0.664. The summed E-state index contributed by atoms with van der Waals surface area (Å²) in [6, 6.07) is 6.35. The van der Waals surface area contributed by atoms with E-state index in [0.717, 1.165) is 61.1 Å². The molecule has 0 aliphatic carbocycles. The Bertz CT molecular complexity index is 994. The van der Waals surface area contributed by atoms with Gasteiger partial charge in [-0.3, -0.25) is 9.55 Å². The molecule has 8 nitrogen and oxygen atoms in total. The van der Waals surface area contributed by atoms with Crippen LogP contribution in [0, 0.1) is 5.41 Å². The van der Waals surface area contributed by atoms with E-state index in [4.69, 9.17) is 14.5 Å². The lowest BCUT2D eigenvalue weighted by Gasteiger charge is -2.37. The summed E-state index contributed by atoms with van der Waals surface area (Å²) in [5.74, 6) is 2.35. The van der Waals surface area contributed by atoms with Crippen molar-refractivity contribution in [1.82, 2.24) is 24.8 Å². The van der Waals surface area contributed by atoms with Crippen LogP contribution in [0.4, 0.5) is 5.82 Å². The lowest BCUT2D eigenvalue weighted by molar-refractivity contribution is -0.120. The molecule has 8 heteroatoms. The molecule has 0 unspecified atom stereocenters. The Balaban J connectivity index is 1.34. The maximum atomic E-state index is 5.97. The molecule has 2 N–H and O–H groups in total. The third-order valence-electron chi connectivity index (χ3n) is 5.52. The van der Waals surface area contributed by atoms with Crippen LogP contribution in [0.2, 0.25) is 0 Å². The Morgan fingerprint density at radius 3 is 3.07 bits per heavy atom. The largest absolute Gasteiger partial charge is 0.493 e. The number of anilines is 1. The van der Waals surface area contributed by atoms with Crippen molar-refractivity contribution in [3.8, 4) is 11.6 Å². The van der Waals surface area contributed by atoms with E-state index in [0.29, 0.717) is 12.6 Å². The van der Waals surface area contributed by atoms with E-state index in [2.05, 4.69) is 27.5 Å². The van der Waals surface area contributed by atoms with Crippen LogP contribution in [0.15, 0.2) is 36.9 Å². The zero-order valence-electron chi connectivity index (χ0n) is 16.6. The molecule has 2 aromatic heterocycles. The van der Waals surface area contributed by atoms with Crippen molar-refractivity contribution in [2.24, 2.45) is 5.41 Å². The van der Waals surface area contributed by atoms with E-state index < -0.39 is 0 Å². The molecule has 1 aromatic carbocycles. The van der Waals surface area contributed by atoms with Gasteiger partial charge in [-0.1, -0.05) is 6.92 Å². The van der Waals surface area contributed by atoms with E-state index in [1.807, 2.05) is 22.8 Å². The second-order valence-electron chi connectivity index (χ2n) is 8.31. The highest BCUT2D eigenvalue weighted by Crippen LogP contribution is 2.29. The molecule has 0 radical (unpaired) electrons. The number of ether oxygens (including phenoxy) is 2. The monoisotopic (exact) mass is 394 g/mol. The summed E-state index contributed by atoms with van der Waals surface area (Å²) in [5.41, 5.74) is 1.96. The molecular formula is C21H26N6O2. The zero-order valence-corrected chi connectivity index (χ0v) is 16.6. The second-order valence-corrected chi connectivity index (χ2v) is 8.31. The van der Waals surface area contributed by atoms with Crippen molar-refractivity contribution in [1.29, 1.82) is 0 Å². The molecule has 2 saturated heterocycles. The van der Waals surface area contributed by atoms with E-state index >= 15 is 0 Å². The minimum absolute atomic E-state index is 0.116. The van der Waals surface area contributed by atoms with Gasteiger partial charge < -0.3 is 20.1 Å². The smallest absolute Gasteiger partial charge is 0.159 e. The highest BCUT2D eigenvalue weighted by Gasteiger charge is 2.34. The first-order valence-electron chi connectivity index (χ1n) is 10.2. The Kier molecular flexibility index (Phi) is 4.81. The fourth-order valence-electron chi connectivity index (χ4n) is 3.78. The average molecular weight is 394 g/mol. The Hall–Kier alpha value is -2.71.